The summed E-state index contributed by atoms with van der Waals surface area (Å²) in [7, 11) is -3.38. The van der Waals surface area contributed by atoms with Gasteiger partial charge in [0.1, 0.15) is 0 Å². The van der Waals surface area contributed by atoms with Crippen LogP contribution in [0.15, 0.2) is 17.6 Å². The summed E-state index contributed by atoms with van der Waals surface area (Å²) in [6.07, 6.45) is 10.2. The minimum absolute atomic E-state index is 0.127. The first-order valence-electron chi connectivity index (χ1n) is 6.46. The molecule has 0 N–H and O–H groups in total. The third kappa shape index (κ3) is 2.34. The highest BCUT2D eigenvalue weighted by Crippen LogP contribution is 2.29. The molecule has 7 heteroatoms. The van der Waals surface area contributed by atoms with E-state index in [1.165, 1.54) is 25.5 Å². The molecule has 0 bridgehead atoms. The van der Waals surface area contributed by atoms with Crippen LogP contribution in [-0.4, -0.2) is 34.4 Å². The highest BCUT2D eigenvalue weighted by atomic mass is 32.2. The number of aromatic nitrogens is 4. The smallest absolute Gasteiger partial charge is 0.244 e. The van der Waals surface area contributed by atoms with E-state index in [1.54, 1.807) is 6.20 Å². The fraction of sp³-hybridized carbons (Fsp3) is 0.583. The van der Waals surface area contributed by atoms with E-state index in [2.05, 4.69) is 15.1 Å². The molecule has 1 aliphatic rings. The summed E-state index contributed by atoms with van der Waals surface area (Å²) in [4.78, 5) is 8.07. The lowest BCUT2D eigenvalue weighted by atomic mass is 9.96. The molecule has 0 aromatic carbocycles. The van der Waals surface area contributed by atoms with Gasteiger partial charge in [0.2, 0.25) is 15.0 Å². The molecule has 1 fully saturated rings. The molecular formula is C12H16N4O2S. The van der Waals surface area contributed by atoms with Crippen LogP contribution in [0.4, 0.5) is 0 Å². The lowest BCUT2D eigenvalue weighted by Crippen LogP contribution is -2.15. The molecule has 0 saturated heterocycles. The van der Waals surface area contributed by atoms with Crippen molar-refractivity contribution in [3.05, 3.63) is 12.4 Å². The molecule has 0 radical (unpaired) electrons. The molecule has 2 aromatic rings. The summed E-state index contributed by atoms with van der Waals surface area (Å²) in [5.41, 5.74) is 0.627. The minimum atomic E-state index is -3.38. The molecule has 3 rings (SSSR count). The van der Waals surface area contributed by atoms with Crippen LogP contribution in [0.3, 0.4) is 0 Å². The van der Waals surface area contributed by atoms with Crippen LogP contribution in [0.25, 0.3) is 11.0 Å². The Morgan fingerprint density at radius 3 is 2.63 bits per heavy atom. The molecule has 0 spiro atoms. The van der Waals surface area contributed by atoms with Crippen molar-refractivity contribution in [3.8, 4) is 0 Å². The van der Waals surface area contributed by atoms with Gasteiger partial charge in [-0.2, -0.15) is 10.1 Å². The second-order valence-corrected chi connectivity index (χ2v) is 6.99. The van der Waals surface area contributed by atoms with Crippen LogP contribution < -0.4 is 0 Å². The standard InChI is InChI=1S/C12H16N4O2S/c1-19(17,18)12-13-7-9-8-14-16(11(9)15-12)10-5-3-2-4-6-10/h7-8,10H,2-6H2,1H3. The zero-order valence-electron chi connectivity index (χ0n) is 10.8. The van der Waals surface area contributed by atoms with E-state index in [-0.39, 0.29) is 5.16 Å². The van der Waals surface area contributed by atoms with Gasteiger partial charge in [-0.05, 0) is 12.8 Å². The number of fused-ring (bicyclic) bond motifs is 1. The quantitative estimate of drug-likeness (QED) is 0.783. The summed E-state index contributed by atoms with van der Waals surface area (Å²) in [5, 5.41) is 5.02. The predicted molar refractivity (Wildman–Crippen MR) is 70.6 cm³/mol. The number of hydrogen-bond donors (Lipinski definition) is 0. The Hall–Kier alpha value is -1.50. The Morgan fingerprint density at radius 2 is 1.95 bits per heavy atom. The summed E-state index contributed by atoms with van der Waals surface area (Å²) in [5.74, 6) is 0. The van der Waals surface area contributed by atoms with Crippen LogP contribution in [0.5, 0.6) is 0 Å². The van der Waals surface area contributed by atoms with E-state index in [9.17, 15) is 8.42 Å². The van der Waals surface area contributed by atoms with Crippen molar-refractivity contribution in [2.24, 2.45) is 0 Å². The average Bonchev–Trinajstić information content (AvgIpc) is 2.81. The average molecular weight is 280 g/mol. The Kier molecular flexibility index (Phi) is 3.00. The summed E-state index contributed by atoms with van der Waals surface area (Å²) in [6.45, 7) is 0. The SMILES string of the molecule is CS(=O)(=O)c1ncc2cnn(C3CCCCC3)c2n1. The van der Waals surface area contributed by atoms with Crippen molar-refractivity contribution in [3.63, 3.8) is 0 Å². The van der Waals surface area contributed by atoms with E-state index >= 15 is 0 Å². The molecule has 6 nitrogen and oxygen atoms in total. The third-order valence-corrected chi connectivity index (χ3v) is 4.42. The van der Waals surface area contributed by atoms with Gasteiger partial charge in [-0.1, -0.05) is 19.3 Å². The molecule has 0 unspecified atom stereocenters. The zero-order valence-corrected chi connectivity index (χ0v) is 11.6. The maximum Gasteiger partial charge on any atom is 0.248 e. The van der Waals surface area contributed by atoms with Crippen molar-refractivity contribution in [2.45, 2.75) is 43.3 Å². The number of nitrogens with zero attached hydrogens (tertiary/aromatic N) is 4. The molecule has 19 heavy (non-hydrogen) atoms. The van der Waals surface area contributed by atoms with E-state index < -0.39 is 9.84 Å². The van der Waals surface area contributed by atoms with Gasteiger partial charge in [-0.3, -0.25) is 0 Å². The van der Waals surface area contributed by atoms with Gasteiger partial charge in [0.15, 0.2) is 5.65 Å². The first-order valence-corrected chi connectivity index (χ1v) is 8.35. The van der Waals surface area contributed by atoms with E-state index in [1.807, 2.05) is 4.68 Å². The fourth-order valence-corrected chi connectivity index (χ4v) is 3.09. The van der Waals surface area contributed by atoms with Crippen molar-refractivity contribution >= 4 is 20.9 Å². The second-order valence-electron chi connectivity index (χ2n) is 5.08. The molecule has 0 aliphatic heterocycles. The maximum atomic E-state index is 11.5. The molecule has 102 valence electrons. The Balaban J connectivity index is 2.10. The molecular weight excluding hydrogens is 264 g/mol. The van der Waals surface area contributed by atoms with Crippen molar-refractivity contribution < 1.29 is 8.42 Å². The molecule has 0 atom stereocenters. The monoisotopic (exact) mass is 280 g/mol. The van der Waals surface area contributed by atoms with Gasteiger partial charge < -0.3 is 0 Å². The van der Waals surface area contributed by atoms with Crippen molar-refractivity contribution in [1.29, 1.82) is 0 Å². The zero-order chi connectivity index (χ0) is 13.5. The lowest BCUT2D eigenvalue weighted by Gasteiger charge is -2.22. The first kappa shape index (κ1) is 12.5. The highest BCUT2D eigenvalue weighted by Gasteiger charge is 2.20. The maximum absolute atomic E-state index is 11.5. The van der Waals surface area contributed by atoms with Crippen LogP contribution >= 0.6 is 0 Å². The van der Waals surface area contributed by atoms with Gasteiger partial charge >= 0.3 is 0 Å². The lowest BCUT2D eigenvalue weighted by molar-refractivity contribution is 0.335. The van der Waals surface area contributed by atoms with Crippen LogP contribution in [0, 0.1) is 0 Å². The molecule has 2 heterocycles. The minimum Gasteiger partial charge on any atom is -0.244 e. The first-order chi connectivity index (χ1) is 9.05. The Morgan fingerprint density at radius 1 is 1.21 bits per heavy atom. The normalized spacial score (nSPS) is 17.9. The van der Waals surface area contributed by atoms with Crippen LogP contribution in [0.2, 0.25) is 0 Å². The predicted octanol–water partition coefficient (Wildman–Crippen LogP) is 1.73. The highest BCUT2D eigenvalue weighted by molar-refractivity contribution is 7.90. The van der Waals surface area contributed by atoms with Crippen molar-refractivity contribution in [1.82, 2.24) is 19.7 Å². The fourth-order valence-electron chi connectivity index (χ4n) is 2.59. The van der Waals surface area contributed by atoms with Gasteiger partial charge in [0.25, 0.3) is 0 Å². The molecule has 1 saturated carbocycles. The summed E-state index contributed by atoms with van der Waals surface area (Å²) >= 11 is 0. The second kappa shape index (κ2) is 4.56. The summed E-state index contributed by atoms with van der Waals surface area (Å²) < 4.78 is 24.9. The van der Waals surface area contributed by atoms with Crippen LogP contribution in [-0.2, 0) is 9.84 Å². The van der Waals surface area contributed by atoms with Gasteiger partial charge in [-0.15, -0.1) is 0 Å². The van der Waals surface area contributed by atoms with E-state index in [4.69, 9.17) is 0 Å². The largest absolute Gasteiger partial charge is 0.248 e. The Labute approximate surface area is 111 Å². The number of sulfone groups is 1. The van der Waals surface area contributed by atoms with Crippen LogP contribution in [0.1, 0.15) is 38.1 Å². The van der Waals surface area contributed by atoms with Gasteiger partial charge in [-0.25, -0.2) is 18.1 Å². The third-order valence-electron chi connectivity index (χ3n) is 3.56. The van der Waals surface area contributed by atoms with Gasteiger partial charge in [0.05, 0.1) is 17.6 Å². The number of rotatable bonds is 2. The molecule has 1 aliphatic carbocycles. The van der Waals surface area contributed by atoms with Gasteiger partial charge in [0, 0.05) is 12.5 Å². The topological polar surface area (TPSA) is 77.7 Å². The number of hydrogen-bond acceptors (Lipinski definition) is 5. The summed E-state index contributed by atoms with van der Waals surface area (Å²) in [6, 6.07) is 0.327. The van der Waals surface area contributed by atoms with Crippen molar-refractivity contribution in [2.75, 3.05) is 6.26 Å². The Bertz CT molecular complexity index is 702. The van der Waals surface area contributed by atoms with E-state index in [0.717, 1.165) is 24.5 Å². The molecule has 2 aromatic heterocycles. The van der Waals surface area contributed by atoms with E-state index in [0.29, 0.717) is 11.7 Å². The molecule has 0 amide bonds.